The van der Waals surface area contributed by atoms with E-state index in [9.17, 15) is 18.0 Å². The second-order valence-electron chi connectivity index (χ2n) is 5.05. The minimum absolute atomic E-state index is 0.102. The topological polar surface area (TPSA) is 32.3 Å². The zero-order chi connectivity index (χ0) is 15.7. The van der Waals surface area contributed by atoms with Gasteiger partial charge in [0.2, 0.25) is 6.04 Å². The van der Waals surface area contributed by atoms with Gasteiger partial charge in [0, 0.05) is 0 Å². The van der Waals surface area contributed by atoms with Gasteiger partial charge in [-0.2, -0.15) is 13.2 Å². The highest BCUT2D eigenvalue weighted by atomic mass is 19.4. The fourth-order valence-corrected chi connectivity index (χ4v) is 2.47. The van der Waals surface area contributed by atoms with Gasteiger partial charge in [-0.05, 0) is 17.7 Å². The molecule has 2 aromatic carbocycles. The fourth-order valence-electron chi connectivity index (χ4n) is 2.47. The van der Waals surface area contributed by atoms with Crippen LogP contribution in [0.2, 0.25) is 0 Å². The van der Waals surface area contributed by atoms with E-state index < -0.39 is 18.1 Å². The molecule has 3 rings (SSSR count). The van der Waals surface area contributed by atoms with Gasteiger partial charge < -0.3 is 10.2 Å². The Bertz CT molecular complexity index is 685. The van der Waals surface area contributed by atoms with E-state index in [0.29, 0.717) is 11.4 Å². The van der Waals surface area contributed by atoms with Crippen molar-refractivity contribution in [3.05, 3.63) is 60.2 Å². The number of nitrogens with one attached hydrogen (secondary N) is 1. The number of nitrogens with zero attached hydrogens (tertiary/aromatic N) is 1. The van der Waals surface area contributed by atoms with Crippen LogP contribution < -0.4 is 10.2 Å². The predicted octanol–water partition coefficient (Wildman–Crippen LogP) is 3.58. The van der Waals surface area contributed by atoms with Gasteiger partial charge in [-0.25, -0.2) is 0 Å². The van der Waals surface area contributed by atoms with Crippen molar-refractivity contribution in [2.75, 3.05) is 10.2 Å². The van der Waals surface area contributed by atoms with Crippen LogP contribution >= 0.6 is 0 Å². The molecule has 22 heavy (non-hydrogen) atoms. The third-order valence-corrected chi connectivity index (χ3v) is 3.52. The summed E-state index contributed by atoms with van der Waals surface area (Å²) in [4.78, 5) is 13.5. The van der Waals surface area contributed by atoms with Crippen LogP contribution in [-0.4, -0.2) is 18.1 Å². The maximum Gasteiger partial charge on any atom is 0.417 e. The summed E-state index contributed by atoms with van der Waals surface area (Å²) in [5, 5.41) is 2.29. The number of alkyl halides is 3. The molecule has 6 heteroatoms. The average Bonchev–Trinajstić information content (AvgIpc) is 2.50. The molecule has 0 saturated heterocycles. The van der Waals surface area contributed by atoms with Gasteiger partial charge in [0.25, 0.3) is 5.91 Å². The lowest BCUT2D eigenvalue weighted by molar-refractivity contribution is -0.158. The SMILES string of the molecule is O=C1[C@H](C(F)(F)F)Nc2ccccc2N1Cc1ccccc1. The maximum absolute atomic E-state index is 13.1. The van der Waals surface area contributed by atoms with Crippen molar-refractivity contribution in [2.45, 2.75) is 18.8 Å². The summed E-state index contributed by atoms with van der Waals surface area (Å²) in [5.41, 5.74) is 1.53. The number of para-hydroxylation sites is 2. The number of hydrogen-bond donors (Lipinski definition) is 1. The molecule has 0 aliphatic carbocycles. The van der Waals surface area contributed by atoms with E-state index >= 15 is 0 Å². The molecular weight excluding hydrogens is 293 g/mol. The van der Waals surface area contributed by atoms with Gasteiger partial charge in [0.05, 0.1) is 17.9 Å². The van der Waals surface area contributed by atoms with Crippen LogP contribution in [0.1, 0.15) is 5.56 Å². The summed E-state index contributed by atoms with van der Waals surface area (Å²) in [6, 6.07) is 13.2. The van der Waals surface area contributed by atoms with E-state index in [1.165, 1.54) is 4.90 Å². The summed E-state index contributed by atoms with van der Waals surface area (Å²) in [6.07, 6.45) is -4.64. The third kappa shape index (κ3) is 2.64. The zero-order valence-corrected chi connectivity index (χ0v) is 11.5. The molecule has 0 spiro atoms. The summed E-state index contributed by atoms with van der Waals surface area (Å²) in [7, 11) is 0. The van der Waals surface area contributed by atoms with Gasteiger partial charge in [-0.3, -0.25) is 4.79 Å². The van der Waals surface area contributed by atoms with Crippen molar-refractivity contribution in [2.24, 2.45) is 0 Å². The Hall–Kier alpha value is -2.50. The highest BCUT2D eigenvalue weighted by molar-refractivity contribution is 6.05. The second kappa shape index (κ2) is 5.36. The molecule has 1 amide bonds. The summed E-state index contributed by atoms with van der Waals surface area (Å²) < 4.78 is 39.3. The summed E-state index contributed by atoms with van der Waals surface area (Å²) >= 11 is 0. The molecule has 1 aliphatic heterocycles. The van der Waals surface area contributed by atoms with E-state index in [1.807, 2.05) is 6.07 Å². The average molecular weight is 306 g/mol. The molecule has 1 atom stereocenters. The van der Waals surface area contributed by atoms with Crippen molar-refractivity contribution < 1.29 is 18.0 Å². The Kier molecular flexibility index (Phi) is 3.52. The number of carbonyl (C=O) groups is 1. The van der Waals surface area contributed by atoms with Crippen molar-refractivity contribution in [3.63, 3.8) is 0 Å². The molecular formula is C16H13F3N2O. The van der Waals surface area contributed by atoms with Crippen LogP contribution in [0.4, 0.5) is 24.5 Å². The molecule has 1 aliphatic rings. The molecule has 0 radical (unpaired) electrons. The number of benzene rings is 2. The zero-order valence-electron chi connectivity index (χ0n) is 11.5. The number of hydrogen-bond acceptors (Lipinski definition) is 2. The lowest BCUT2D eigenvalue weighted by atomic mass is 10.1. The molecule has 3 nitrogen and oxygen atoms in total. The first-order valence-electron chi connectivity index (χ1n) is 6.74. The van der Waals surface area contributed by atoms with Gasteiger partial charge >= 0.3 is 6.18 Å². The number of halogens is 3. The first-order valence-corrected chi connectivity index (χ1v) is 6.74. The first kappa shape index (κ1) is 14.4. The highest BCUT2D eigenvalue weighted by Gasteiger charge is 2.49. The Balaban J connectivity index is 2.00. The van der Waals surface area contributed by atoms with Crippen LogP contribution in [0.15, 0.2) is 54.6 Å². The van der Waals surface area contributed by atoms with Crippen molar-refractivity contribution >= 4 is 17.3 Å². The Morgan fingerprint density at radius 3 is 2.32 bits per heavy atom. The monoisotopic (exact) mass is 306 g/mol. The Labute approximate surface area is 125 Å². The highest BCUT2D eigenvalue weighted by Crippen LogP contribution is 2.37. The van der Waals surface area contributed by atoms with E-state index in [-0.39, 0.29) is 6.54 Å². The van der Waals surface area contributed by atoms with Gasteiger partial charge in [0.15, 0.2) is 0 Å². The van der Waals surface area contributed by atoms with Crippen LogP contribution in [0.3, 0.4) is 0 Å². The van der Waals surface area contributed by atoms with Gasteiger partial charge in [-0.1, -0.05) is 42.5 Å². The summed E-state index contributed by atoms with van der Waals surface area (Å²) in [6.45, 7) is 0.102. The number of rotatable bonds is 2. The van der Waals surface area contributed by atoms with E-state index in [0.717, 1.165) is 5.56 Å². The smallest absolute Gasteiger partial charge is 0.365 e. The van der Waals surface area contributed by atoms with E-state index in [2.05, 4.69) is 5.32 Å². The number of amides is 1. The molecule has 114 valence electrons. The first-order chi connectivity index (χ1) is 10.5. The summed E-state index contributed by atoms with van der Waals surface area (Å²) in [5.74, 6) is -0.991. The Morgan fingerprint density at radius 2 is 1.64 bits per heavy atom. The predicted molar refractivity (Wildman–Crippen MR) is 77.5 cm³/mol. The normalized spacial score (nSPS) is 17.9. The lowest BCUT2D eigenvalue weighted by Gasteiger charge is -2.36. The number of carbonyl (C=O) groups excluding carboxylic acids is 1. The lowest BCUT2D eigenvalue weighted by Crippen LogP contribution is -2.53. The molecule has 1 N–H and O–H groups in total. The largest absolute Gasteiger partial charge is 0.417 e. The van der Waals surface area contributed by atoms with Crippen molar-refractivity contribution in [3.8, 4) is 0 Å². The van der Waals surface area contributed by atoms with Crippen LogP contribution in [0, 0.1) is 0 Å². The minimum Gasteiger partial charge on any atom is -0.365 e. The molecule has 1 heterocycles. The van der Waals surface area contributed by atoms with E-state index in [1.54, 1.807) is 48.5 Å². The standard InChI is InChI=1S/C16H13F3N2O/c17-16(18,19)14-15(22)21(10-11-6-2-1-3-7-11)13-9-5-4-8-12(13)20-14/h1-9,14,20H,10H2/t14-/m1/s1. The van der Waals surface area contributed by atoms with Crippen molar-refractivity contribution in [1.82, 2.24) is 0 Å². The maximum atomic E-state index is 13.1. The van der Waals surface area contributed by atoms with E-state index in [4.69, 9.17) is 0 Å². The van der Waals surface area contributed by atoms with Crippen molar-refractivity contribution in [1.29, 1.82) is 0 Å². The molecule has 0 saturated carbocycles. The fraction of sp³-hybridized carbons (Fsp3) is 0.188. The van der Waals surface area contributed by atoms with Gasteiger partial charge in [0.1, 0.15) is 0 Å². The minimum atomic E-state index is -4.64. The molecule has 0 fully saturated rings. The van der Waals surface area contributed by atoms with Gasteiger partial charge in [-0.15, -0.1) is 0 Å². The molecule has 2 aromatic rings. The molecule has 0 aromatic heterocycles. The quantitative estimate of drug-likeness (QED) is 0.920. The van der Waals surface area contributed by atoms with Crippen LogP contribution in [0.5, 0.6) is 0 Å². The Morgan fingerprint density at radius 1 is 1.00 bits per heavy atom. The molecule has 0 bridgehead atoms. The van der Waals surface area contributed by atoms with Crippen LogP contribution in [0.25, 0.3) is 0 Å². The molecule has 0 unspecified atom stereocenters. The van der Waals surface area contributed by atoms with Crippen LogP contribution in [-0.2, 0) is 11.3 Å². The number of fused-ring (bicyclic) bond motifs is 1. The third-order valence-electron chi connectivity index (χ3n) is 3.52. The number of anilines is 2. The second-order valence-corrected chi connectivity index (χ2v) is 5.05.